The molecule has 1 rings (SSSR count). The lowest BCUT2D eigenvalue weighted by Crippen LogP contribution is -2.20. The summed E-state index contributed by atoms with van der Waals surface area (Å²) in [5, 5.41) is 18.8. The van der Waals surface area contributed by atoms with Crippen molar-refractivity contribution in [1.82, 2.24) is 0 Å². The van der Waals surface area contributed by atoms with Crippen LogP contribution in [0.5, 0.6) is 11.5 Å². The van der Waals surface area contributed by atoms with Crippen molar-refractivity contribution in [3.05, 3.63) is 23.8 Å². The number of aliphatic hydroxyl groups is 1. The molecule has 0 saturated carbocycles. The van der Waals surface area contributed by atoms with Crippen molar-refractivity contribution >= 4 is 5.78 Å². The van der Waals surface area contributed by atoms with E-state index in [1.165, 1.54) is 20.1 Å². The van der Waals surface area contributed by atoms with Crippen molar-refractivity contribution in [3.63, 3.8) is 0 Å². The van der Waals surface area contributed by atoms with Crippen LogP contribution in [0.25, 0.3) is 0 Å². The molecule has 1 aromatic carbocycles. The lowest BCUT2D eigenvalue weighted by Gasteiger charge is -2.18. The van der Waals surface area contributed by atoms with E-state index in [9.17, 15) is 15.0 Å². The van der Waals surface area contributed by atoms with Crippen LogP contribution in [-0.2, 0) is 9.53 Å². The number of phenolic OH excluding ortho intramolecular Hbond substituents is 1. The number of aromatic hydroxyl groups is 1. The van der Waals surface area contributed by atoms with Gasteiger partial charge in [0, 0.05) is 13.0 Å². The summed E-state index contributed by atoms with van der Waals surface area (Å²) in [7, 11) is 1.45. The third-order valence-electron chi connectivity index (χ3n) is 2.80. The summed E-state index contributed by atoms with van der Waals surface area (Å²) < 4.78 is 10.5. The Hall–Kier alpha value is -1.59. The van der Waals surface area contributed by atoms with Crippen LogP contribution in [0, 0.1) is 0 Å². The van der Waals surface area contributed by atoms with Gasteiger partial charge in [-0.05, 0) is 31.5 Å². The fourth-order valence-corrected chi connectivity index (χ4v) is 1.72. The maximum atomic E-state index is 11.6. The van der Waals surface area contributed by atoms with E-state index in [1.54, 1.807) is 12.1 Å². The Bertz CT molecular complexity index is 428. The van der Waals surface area contributed by atoms with Crippen LogP contribution in [0.1, 0.15) is 31.9 Å². The highest BCUT2D eigenvalue weighted by atomic mass is 16.5. The summed E-state index contributed by atoms with van der Waals surface area (Å²) in [5.41, 5.74) is 0.727. The predicted molar refractivity (Wildman–Crippen MR) is 70.3 cm³/mol. The molecule has 0 aliphatic heterocycles. The molecule has 0 spiro atoms. The lowest BCUT2D eigenvalue weighted by atomic mass is 10.0. The highest BCUT2D eigenvalue weighted by Gasteiger charge is 2.20. The van der Waals surface area contributed by atoms with Crippen LogP contribution in [0.3, 0.4) is 0 Å². The molecule has 5 nitrogen and oxygen atoms in total. The number of carbonyl (C=O) groups excluding carboxylic acids is 1. The smallest absolute Gasteiger partial charge is 0.163 e. The number of Topliss-reactive ketones (excluding diaryl/α,β-unsaturated/α-hetero) is 1. The number of hydrogen-bond acceptors (Lipinski definition) is 5. The van der Waals surface area contributed by atoms with Crippen LogP contribution in [0.2, 0.25) is 0 Å². The van der Waals surface area contributed by atoms with Crippen molar-refractivity contribution < 1.29 is 24.5 Å². The van der Waals surface area contributed by atoms with E-state index in [0.29, 0.717) is 12.4 Å². The Morgan fingerprint density at radius 3 is 2.63 bits per heavy atom. The first kappa shape index (κ1) is 15.5. The molecule has 0 aromatic heterocycles. The summed E-state index contributed by atoms with van der Waals surface area (Å²) in [6, 6.07) is 4.80. The molecule has 2 N–H and O–H groups in total. The Labute approximate surface area is 112 Å². The average Bonchev–Trinajstić information content (AvgIpc) is 2.38. The van der Waals surface area contributed by atoms with E-state index in [1.807, 2.05) is 6.92 Å². The Kier molecular flexibility index (Phi) is 5.79. The molecule has 0 aliphatic carbocycles. The zero-order valence-corrected chi connectivity index (χ0v) is 11.4. The van der Waals surface area contributed by atoms with E-state index in [0.717, 1.165) is 5.56 Å². The van der Waals surface area contributed by atoms with Gasteiger partial charge in [0.25, 0.3) is 0 Å². The highest BCUT2D eigenvalue weighted by Crippen LogP contribution is 2.31. The summed E-state index contributed by atoms with van der Waals surface area (Å²) in [6.45, 7) is 3.71. The van der Waals surface area contributed by atoms with Gasteiger partial charge in [0.15, 0.2) is 17.3 Å². The molecule has 0 amide bonds. The van der Waals surface area contributed by atoms with Crippen LogP contribution in [-0.4, -0.2) is 35.8 Å². The second kappa shape index (κ2) is 7.11. The summed E-state index contributed by atoms with van der Waals surface area (Å²) in [5.74, 6) is 0.0699. The number of benzene rings is 1. The third-order valence-corrected chi connectivity index (χ3v) is 2.80. The number of aliphatic hydroxyl groups excluding tert-OH is 1. The molecule has 1 aromatic rings. The molecule has 0 bridgehead atoms. The predicted octanol–water partition coefficient (Wildman–Crippen LogP) is 1.82. The number of phenols is 1. The van der Waals surface area contributed by atoms with Crippen molar-refractivity contribution in [1.29, 1.82) is 0 Å². The molecule has 0 aliphatic rings. The number of ether oxygens (including phenoxy) is 2. The topological polar surface area (TPSA) is 76.0 Å². The van der Waals surface area contributed by atoms with Gasteiger partial charge in [0.1, 0.15) is 6.10 Å². The van der Waals surface area contributed by atoms with Gasteiger partial charge >= 0.3 is 0 Å². The van der Waals surface area contributed by atoms with Crippen molar-refractivity contribution in [2.24, 2.45) is 0 Å². The molecule has 106 valence electrons. The van der Waals surface area contributed by atoms with E-state index in [4.69, 9.17) is 9.47 Å². The minimum Gasteiger partial charge on any atom is -0.504 e. The number of methoxy groups -OCH3 is 1. The van der Waals surface area contributed by atoms with Crippen LogP contribution >= 0.6 is 0 Å². The van der Waals surface area contributed by atoms with Crippen molar-refractivity contribution in [2.75, 3.05) is 13.7 Å². The summed E-state index contributed by atoms with van der Waals surface area (Å²) >= 11 is 0. The first-order valence-electron chi connectivity index (χ1n) is 6.18. The second-order valence-corrected chi connectivity index (χ2v) is 4.22. The maximum absolute atomic E-state index is 11.6. The number of rotatable bonds is 7. The van der Waals surface area contributed by atoms with E-state index < -0.39 is 12.2 Å². The fraction of sp³-hybridized carbons (Fsp3) is 0.500. The van der Waals surface area contributed by atoms with Crippen LogP contribution in [0.15, 0.2) is 18.2 Å². The number of hydrogen-bond donors (Lipinski definition) is 2. The SMILES string of the molecule is CCOC(CC(=O)C(C)O)c1ccc(O)c(OC)c1. The van der Waals surface area contributed by atoms with E-state index >= 15 is 0 Å². The van der Waals surface area contributed by atoms with E-state index in [2.05, 4.69) is 0 Å². The molecule has 0 radical (unpaired) electrons. The molecule has 2 atom stereocenters. The van der Waals surface area contributed by atoms with Gasteiger partial charge < -0.3 is 19.7 Å². The molecule has 19 heavy (non-hydrogen) atoms. The maximum Gasteiger partial charge on any atom is 0.163 e. The van der Waals surface area contributed by atoms with Crippen molar-refractivity contribution in [3.8, 4) is 11.5 Å². The quantitative estimate of drug-likeness (QED) is 0.789. The average molecular weight is 268 g/mol. The molecule has 0 fully saturated rings. The Morgan fingerprint density at radius 1 is 1.42 bits per heavy atom. The van der Waals surface area contributed by atoms with Gasteiger partial charge in [-0.2, -0.15) is 0 Å². The zero-order valence-electron chi connectivity index (χ0n) is 11.4. The molecule has 0 heterocycles. The molecule has 2 unspecified atom stereocenters. The number of carbonyl (C=O) groups is 1. The molecule has 0 saturated heterocycles. The normalized spacial score (nSPS) is 13.9. The molecule has 5 heteroatoms. The first-order chi connectivity index (χ1) is 8.99. The lowest BCUT2D eigenvalue weighted by molar-refractivity contribution is -0.129. The van der Waals surface area contributed by atoms with Crippen LogP contribution in [0.4, 0.5) is 0 Å². The van der Waals surface area contributed by atoms with Gasteiger partial charge in [-0.25, -0.2) is 0 Å². The van der Waals surface area contributed by atoms with Crippen molar-refractivity contribution in [2.45, 2.75) is 32.5 Å². The highest BCUT2D eigenvalue weighted by molar-refractivity contribution is 5.83. The third kappa shape index (κ3) is 4.22. The van der Waals surface area contributed by atoms with Gasteiger partial charge in [-0.1, -0.05) is 6.07 Å². The molecular weight excluding hydrogens is 248 g/mol. The Morgan fingerprint density at radius 2 is 2.11 bits per heavy atom. The van der Waals surface area contributed by atoms with Gasteiger partial charge in [-0.3, -0.25) is 4.79 Å². The largest absolute Gasteiger partial charge is 0.504 e. The summed E-state index contributed by atoms with van der Waals surface area (Å²) in [6.07, 6.45) is -1.39. The number of ketones is 1. The second-order valence-electron chi connectivity index (χ2n) is 4.22. The van der Waals surface area contributed by atoms with Crippen LogP contribution < -0.4 is 4.74 Å². The monoisotopic (exact) mass is 268 g/mol. The minimum absolute atomic E-state index is 0.0309. The minimum atomic E-state index is -1.01. The van der Waals surface area contributed by atoms with Gasteiger partial charge in [-0.15, -0.1) is 0 Å². The van der Waals surface area contributed by atoms with E-state index in [-0.39, 0.29) is 18.0 Å². The zero-order chi connectivity index (χ0) is 14.4. The van der Waals surface area contributed by atoms with Gasteiger partial charge in [0.05, 0.1) is 13.2 Å². The first-order valence-corrected chi connectivity index (χ1v) is 6.18. The summed E-state index contributed by atoms with van der Waals surface area (Å²) in [4.78, 5) is 11.6. The molecular formula is C14H20O5. The van der Waals surface area contributed by atoms with Gasteiger partial charge in [0.2, 0.25) is 0 Å². The standard InChI is InChI=1S/C14H20O5/c1-4-19-13(8-12(17)9(2)15)10-5-6-11(16)14(7-10)18-3/h5-7,9,13,15-16H,4,8H2,1-3H3. The Balaban J connectivity index is 2.95. The fourth-order valence-electron chi connectivity index (χ4n) is 1.72.